The molecule has 124 valence electrons. The molecule has 2 aromatic rings. The lowest BCUT2D eigenvalue weighted by molar-refractivity contribution is 0.0919. The van der Waals surface area contributed by atoms with E-state index in [2.05, 4.69) is 5.32 Å². The number of sulfonamides is 1. The molecule has 0 atom stereocenters. The monoisotopic (exact) mass is 338 g/mol. The standard InChI is InChI=1S/C15H18N2O5S/c1-2-11-10-12(23(16,19)20)5-6-13(11)22-9-7-17-15(18)14-4-3-8-21-14/h3-6,8,10H,2,7,9H2,1H3,(H,17,18)(H2,16,19,20). The fraction of sp³-hybridized carbons (Fsp3) is 0.267. The molecule has 23 heavy (non-hydrogen) atoms. The van der Waals surface area contributed by atoms with Gasteiger partial charge in [0, 0.05) is 0 Å². The molecule has 2 rings (SSSR count). The van der Waals surface area contributed by atoms with Crippen molar-refractivity contribution in [3.05, 3.63) is 47.9 Å². The van der Waals surface area contributed by atoms with Crippen LogP contribution in [0.3, 0.4) is 0 Å². The fourth-order valence-electron chi connectivity index (χ4n) is 1.97. The molecule has 3 N–H and O–H groups in total. The van der Waals surface area contributed by atoms with Crippen LogP contribution in [0.25, 0.3) is 0 Å². The molecule has 0 spiro atoms. The van der Waals surface area contributed by atoms with E-state index >= 15 is 0 Å². The second-order valence-corrected chi connectivity index (χ2v) is 6.31. The van der Waals surface area contributed by atoms with Crippen LogP contribution >= 0.6 is 0 Å². The number of hydrogen-bond donors (Lipinski definition) is 2. The zero-order valence-electron chi connectivity index (χ0n) is 12.6. The summed E-state index contributed by atoms with van der Waals surface area (Å²) in [4.78, 5) is 11.7. The van der Waals surface area contributed by atoms with Gasteiger partial charge in [-0.3, -0.25) is 4.79 Å². The highest BCUT2D eigenvalue weighted by Gasteiger charge is 2.12. The van der Waals surface area contributed by atoms with Gasteiger partial charge in [0.15, 0.2) is 5.76 Å². The van der Waals surface area contributed by atoms with Crippen LogP contribution in [0.1, 0.15) is 23.0 Å². The van der Waals surface area contributed by atoms with Gasteiger partial charge in [-0.05, 0) is 42.3 Å². The van der Waals surface area contributed by atoms with Gasteiger partial charge in [-0.25, -0.2) is 13.6 Å². The van der Waals surface area contributed by atoms with Crippen LogP contribution in [-0.2, 0) is 16.4 Å². The van der Waals surface area contributed by atoms with Crippen LogP contribution in [0, 0.1) is 0 Å². The normalized spacial score (nSPS) is 11.2. The molecule has 1 aromatic heterocycles. The smallest absolute Gasteiger partial charge is 0.287 e. The van der Waals surface area contributed by atoms with Gasteiger partial charge in [-0.1, -0.05) is 6.92 Å². The van der Waals surface area contributed by atoms with Crippen LogP contribution < -0.4 is 15.2 Å². The number of carbonyl (C=O) groups excluding carboxylic acids is 1. The number of aryl methyl sites for hydroxylation is 1. The molecule has 0 unspecified atom stereocenters. The number of carbonyl (C=O) groups is 1. The number of hydrogen-bond acceptors (Lipinski definition) is 5. The third-order valence-corrected chi connectivity index (χ3v) is 4.04. The van der Waals surface area contributed by atoms with Crippen LogP contribution in [0.15, 0.2) is 45.9 Å². The van der Waals surface area contributed by atoms with E-state index in [-0.39, 0.29) is 23.2 Å². The molecule has 1 amide bonds. The predicted molar refractivity (Wildman–Crippen MR) is 83.7 cm³/mol. The summed E-state index contributed by atoms with van der Waals surface area (Å²) in [7, 11) is -3.74. The summed E-state index contributed by atoms with van der Waals surface area (Å²) in [6, 6.07) is 7.65. The number of ether oxygens (including phenoxy) is 1. The van der Waals surface area contributed by atoms with Gasteiger partial charge in [0.1, 0.15) is 12.4 Å². The zero-order chi connectivity index (χ0) is 16.9. The number of primary sulfonamides is 1. The molecule has 0 aliphatic carbocycles. The summed E-state index contributed by atoms with van der Waals surface area (Å²) in [6.45, 7) is 2.42. The van der Waals surface area contributed by atoms with E-state index in [1.54, 1.807) is 18.2 Å². The molecular formula is C15H18N2O5S. The first kappa shape index (κ1) is 17.0. The summed E-state index contributed by atoms with van der Waals surface area (Å²) < 4.78 is 33.2. The van der Waals surface area contributed by atoms with E-state index in [0.717, 1.165) is 5.56 Å². The average molecular weight is 338 g/mol. The summed E-state index contributed by atoms with van der Waals surface area (Å²) in [5.41, 5.74) is 0.730. The van der Waals surface area contributed by atoms with E-state index in [4.69, 9.17) is 14.3 Å². The summed E-state index contributed by atoms with van der Waals surface area (Å²) >= 11 is 0. The third kappa shape index (κ3) is 4.57. The molecule has 0 radical (unpaired) electrons. The largest absolute Gasteiger partial charge is 0.491 e. The number of furan rings is 1. The van der Waals surface area contributed by atoms with Crippen molar-refractivity contribution in [2.24, 2.45) is 5.14 Å². The Balaban J connectivity index is 1.92. The average Bonchev–Trinajstić information content (AvgIpc) is 3.04. The first-order valence-electron chi connectivity index (χ1n) is 7.02. The Morgan fingerprint density at radius 1 is 1.35 bits per heavy atom. The highest BCUT2D eigenvalue weighted by Crippen LogP contribution is 2.22. The summed E-state index contributed by atoms with van der Waals surface area (Å²) in [6.07, 6.45) is 2.02. The minimum atomic E-state index is -3.74. The van der Waals surface area contributed by atoms with Crippen molar-refractivity contribution in [3.63, 3.8) is 0 Å². The molecule has 1 aromatic carbocycles. The van der Waals surface area contributed by atoms with Crippen molar-refractivity contribution in [3.8, 4) is 5.75 Å². The quantitative estimate of drug-likeness (QED) is 0.739. The lowest BCUT2D eigenvalue weighted by atomic mass is 10.1. The number of nitrogens with one attached hydrogen (secondary N) is 1. The first-order chi connectivity index (χ1) is 10.9. The fourth-order valence-corrected chi connectivity index (χ4v) is 2.53. The van der Waals surface area contributed by atoms with Crippen LogP contribution in [0.2, 0.25) is 0 Å². The maximum absolute atomic E-state index is 11.7. The Morgan fingerprint density at radius 3 is 2.74 bits per heavy atom. The Bertz CT molecular complexity index is 769. The zero-order valence-corrected chi connectivity index (χ0v) is 13.4. The minimum Gasteiger partial charge on any atom is -0.491 e. The van der Waals surface area contributed by atoms with Gasteiger partial charge >= 0.3 is 0 Å². The van der Waals surface area contributed by atoms with Crippen molar-refractivity contribution < 1.29 is 22.4 Å². The first-order valence-corrected chi connectivity index (χ1v) is 8.56. The maximum atomic E-state index is 11.7. The van der Waals surface area contributed by atoms with Crippen molar-refractivity contribution in [1.82, 2.24) is 5.32 Å². The lowest BCUT2D eigenvalue weighted by Crippen LogP contribution is -2.27. The van der Waals surface area contributed by atoms with Crippen molar-refractivity contribution in [2.75, 3.05) is 13.2 Å². The van der Waals surface area contributed by atoms with E-state index in [1.807, 2.05) is 6.92 Å². The lowest BCUT2D eigenvalue weighted by Gasteiger charge is -2.12. The van der Waals surface area contributed by atoms with Crippen molar-refractivity contribution in [1.29, 1.82) is 0 Å². The summed E-state index contributed by atoms with van der Waals surface area (Å²) in [5.74, 6) is 0.475. The maximum Gasteiger partial charge on any atom is 0.287 e. The van der Waals surface area contributed by atoms with Gasteiger partial charge in [-0.2, -0.15) is 0 Å². The van der Waals surface area contributed by atoms with E-state index < -0.39 is 10.0 Å². The molecule has 1 heterocycles. The SMILES string of the molecule is CCc1cc(S(N)(=O)=O)ccc1OCCNC(=O)c1ccco1. The second kappa shape index (κ2) is 7.30. The molecule has 8 heteroatoms. The number of rotatable bonds is 7. The molecular weight excluding hydrogens is 320 g/mol. The number of amides is 1. The van der Waals surface area contributed by atoms with Gasteiger partial charge in [0.05, 0.1) is 17.7 Å². The number of nitrogens with two attached hydrogens (primary N) is 1. The Hall–Kier alpha value is -2.32. The van der Waals surface area contributed by atoms with Gasteiger partial charge in [0.25, 0.3) is 5.91 Å². The van der Waals surface area contributed by atoms with Crippen molar-refractivity contribution in [2.45, 2.75) is 18.2 Å². The van der Waals surface area contributed by atoms with E-state index in [0.29, 0.717) is 18.7 Å². The molecule has 0 saturated carbocycles. The van der Waals surface area contributed by atoms with E-state index in [9.17, 15) is 13.2 Å². The van der Waals surface area contributed by atoms with Crippen LogP contribution in [0.5, 0.6) is 5.75 Å². The van der Waals surface area contributed by atoms with Crippen LogP contribution in [-0.4, -0.2) is 27.5 Å². The van der Waals surface area contributed by atoms with E-state index in [1.165, 1.54) is 18.4 Å². The Labute approximate surface area is 134 Å². The topological polar surface area (TPSA) is 112 Å². The Kier molecular flexibility index (Phi) is 5.41. The Morgan fingerprint density at radius 2 is 2.13 bits per heavy atom. The molecule has 0 saturated heterocycles. The second-order valence-electron chi connectivity index (χ2n) is 4.75. The molecule has 0 fully saturated rings. The third-order valence-electron chi connectivity index (χ3n) is 3.13. The van der Waals surface area contributed by atoms with Crippen molar-refractivity contribution >= 4 is 15.9 Å². The molecule has 0 aliphatic rings. The predicted octanol–water partition coefficient (Wildman–Crippen LogP) is 1.30. The highest BCUT2D eigenvalue weighted by molar-refractivity contribution is 7.89. The highest BCUT2D eigenvalue weighted by atomic mass is 32.2. The number of benzene rings is 1. The summed E-state index contributed by atoms with van der Waals surface area (Å²) in [5, 5.41) is 7.76. The molecule has 0 bridgehead atoms. The molecule has 0 aliphatic heterocycles. The van der Waals surface area contributed by atoms with Gasteiger partial charge < -0.3 is 14.5 Å². The van der Waals surface area contributed by atoms with Crippen LogP contribution in [0.4, 0.5) is 0 Å². The minimum absolute atomic E-state index is 0.0489. The van der Waals surface area contributed by atoms with Gasteiger partial charge in [-0.15, -0.1) is 0 Å². The molecule has 7 nitrogen and oxygen atoms in total. The van der Waals surface area contributed by atoms with Gasteiger partial charge in [0.2, 0.25) is 10.0 Å².